The normalized spacial score (nSPS) is 10.4. The van der Waals surface area contributed by atoms with Crippen LogP contribution in [0.25, 0.3) is 0 Å². The molecule has 0 spiro atoms. The van der Waals surface area contributed by atoms with E-state index in [-0.39, 0.29) is 17.4 Å². The number of halogens is 1. The fourth-order valence-corrected chi connectivity index (χ4v) is 2.50. The Morgan fingerprint density at radius 2 is 1.77 bits per heavy atom. The molecule has 0 fully saturated rings. The maximum absolute atomic E-state index is 13.0. The predicted molar refractivity (Wildman–Crippen MR) is 99.6 cm³/mol. The lowest BCUT2D eigenvalue weighted by molar-refractivity contribution is 0.102. The molecule has 132 valence electrons. The predicted octanol–water partition coefficient (Wildman–Crippen LogP) is 4.10. The van der Waals surface area contributed by atoms with Gasteiger partial charge in [0.2, 0.25) is 0 Å². The molecule has 1 aromatic heterocycles. The number of hydrogen-bond donors (Lipinski definition) is 2. The van der Waals surface area contributed by atoms with Gasteiger partial charge in [0.15, 0.2) is 0 Å². The van der Waals surface area contributed by atoms with Crippen LogP contribution in [0.4, 0.5) is 15.9 Å². The molecule has 0 saturated heterocycles. The highest BCUT2D eigenvalue weighted by Gasteiger charge is 2.11. The molecule has 0 atom stereocenters. The van der Waals surface area contributed by atoms with Crippen LogP contribution in [-0.2, 0) is 6.54 Å². The Morgan fingerprint density at radius 3 is 2.50 bits per heavy atom. The highest BCUT2D eigenvalue weighted by molar-refractivity contribution is 6.03. The molecule has 1 amide bonds. The minimum Gasteiger partial charge on any atom is -0.366 e. The van der Waals surface area contributed by atoms with Gasteiger partial charge in [-0.05, 0) is 49.2 Å². The fourth-order valence-electron chi connectivity index (χ4n) is 2.50. The van der Waals surface area contributed by atoms with Gasteiger partial charge >= 0.3 is 0 Å². The van der Waals surface area contributed by atoms with Crippen molar-refractivity contribution >= 4 is 17.4 Å². The summed E-state index contributed by atoms with van der Waals surface area (Å²) >= 11 is 0. The number of nitrogens with zero attached hydrogens (tertiary/aromatic N) is 2. The molecular weight excluding hydrogens is 331 g/mol. The van der Waals surface area contributed by atoms with Gasteiger partial charge in [-0.25, -0.2) is 14.4 Å². The lowest BCUT2D eigenvalue weighted by atomic mass is 10.1. The van der Waals surface area contributed by atoms with Gasteiger partial charge in [-0.2, -0.15) is 0 Å². The van der Waals surface area contributed by atoms with Crippen LogP contribution in [0.5, 0.6) is 0 Å². The summed E-state index contributed by atoms with van der Waals surface area (Å²) < 4.78 is 13.0. The Kier molecular flexibility index (Phi) is 5.22. The van der Waals surface area contributed by atoms with Gasteiger partial charge < -0.3 is 10.6 Å². The number of carbonyl (C=O) groups is 1. The third kappa shape index (κ3) is 4.42. The number of hydrogen-bond acceptors (Lipinski definition) is 4. The molecule has 0 aliphatic heterocycles. The van der Waals surface area contributed by atoms with Gasteiger partial charge in [0.05, 0.1) is 0 Å². The standard InChI is InChI=1S/C20H19FN4O/c1-13-5-3-4-6-15(13)12-22-19-11-18(23-14(2)24-19)20(26)25-17-9-7-16(21)8-10-17/h3-11H,12H2,1-2H3,(H,25,26)(H,22,23,24). The SMILES string of the molecule is Cc1nc(NCc2ccccc2C)cc(C(=O)Nc2ccc(F)cc2)n1. The van der Waals surface area contributed by atoms with Crippen molar-refractivity contribution in [1.82, 2.24) is 9.97 Å². The maximum Gasteiger partial charge on any atom is 0.274 e. The molecule has 0 aliphatic carbocycles. The second kappa shape index (κ2) is 7.74. The third-order valence-electron chi connectivity index (χ3n) is 3.89. The Morgan fingerprint density at radius 1 is 1.04 bits per heavy atom. The second-order valence-corrected chi connectivity index (χ2v) is 5.93. The van der Waals surface area contributed by atoms with Crippen LogP contribution >= 0.6 is 0 Å². The van der Waals surface area contributed by atoms with E-state index in [1.54, 1.807) is 13.0 Å². The first-order valence-corrected chi connectivity index (χ1v) is 8.22. The maximum atomic E-state index is 13.0. The first kappa shape index (κ1) is 17.5. The molecule has 0 unspecified atom stereocenters. The second-order valence-electron chi connectivity index (χ2n) is 5.93. The van der Waals surface area contributed by atoms with Crippen molar-refractivity contribution in [3.8, 4) is 0 Å². The average molecular weight is 350 g/mol. The van der Waals surface area contributed by atoms with Crippen molar-refractivity contribution in [2.45, 2.75) is 20.4 Å². The topological polar surface area (TPSA) is 66.9 Å². The summed E-state index contributed by atoms with van der Waals surface area (Å²) in [5, 5.41) is 5.93. The Bertz CT molecular complexity index is 925. The number of rotatable bonds is 5. The van der Waals surface area contributed by atoms with Crippen molar-refractivity contribution < 1.29 is 9.18 Å². The van der Waals surface area contributed by atoms with Crippen molar-refractivity contribution in [1.29, 1.82) is 0 Å². The van der Waals surface area contributed by atoms with Gasteiger partial charge in [0.25, 0.3) is 5.91 Å². The van der Waals surface area contributed by atoms with Gasteiger partial charge in [-0.15, -0.1) is 0 Å². The quantitative estimate of drug-likeness (QED) is 0.727. The number of anilines is 2. The zero-order valence-electron chi connectivity index (χ0n) is 14.6. The molecule has 6 heteroatoms. The van der Waals surface area contributed by atoms with Crippen LogP contribution in [0.1, 0.15) is 27.4 Å². The summed E-state index contributed by atoms with van der Waals surface area (Å²) in [6.45, 7) is 4.37. The van der Waals surface area contributed by atoms with Crippen LogP contribution < -0.4 is 10.6 Å². The van der Waals surface area contributed by atoms with Crippen LogP contribution in [0.2, 0.25) is 0 Å². The van der Waals surface area contributed by atoms with Gasteiger partial charge in [0.1, 0.15) is 23.2 Å². The average Bonchev–Trinajstić information content (AvgIpc) is 2.62. The smallest absolute Gasteiger partial charge is 0.274 e. The van der Waals surface area contributed by atoms with E-state index in [0.29, 0.717) is 23.9 Å². The van der Waals surface area contributed by atoms with Gasteiger partial charge in [-0.1, -0.05) is 24.3 Å². The summed E-state index contributed by atoms with van der Waals surface area (Å²) in [6.07, 6.45) is 0. The van der Waals surface area contributed by atoms with Crippen molar-refractivity contribution in [2.24, 2.45) is 0 Å². The molecule has 2 aromatic carbocycles. The number of benzene rings is 2. The lowest BCUT2D eigenvalue weighted by Crippen LogP contribution is -2.16. The highest BCUT2D eigenvalue weighted by atomic mass is 19.1. The van der Waals surface area contributed by atoms with Crippen molar-refractivity contribution in [2.75, 3.05) is 10.6 Å². The monoisotopic (exact) mass is 350 g/mol. The number of nitrogens with one attached hydrogen (secondary N) is 2. The molecule has 2 N–H and O–H groups in total. The molecule has 3 aromatic rings. The summed E-state index contributed by atoms with van der Waals surface area (Å²) in [7, 11) is 0. The number of aromatic nitrogens is 2. The molecule has 3 rings (SSSR count). The third-order valence-corrected chi connectivity index (χ3v) is 3.89. The molecule has 5 nitrogen and oxygen atoms in total. The van der Waals surface area contributed by atoms with E-state index in [1.807, 2.05) is 31.2 Å². The van der Waals surface area contributed by atoms with Crippen LogP contribution in [0.15, 0.2) is 54.6 Å². The van der Waals surface area contributed by atoms with E-state index < -0.39 is 0 Å². The van der Waals surface area contributed by atoms with Crippen LogP contribution in [0, 0.1) is 19.7 Å². The van der Waals surface area contributed by atoms with E-state index in [1.165, 1.54) is 29.8 Å². The van der Waals surface area contributed by atoms with Crippen LogP contribution in [0.3, 0.4) is 0 Å². The summed E-state index contributed by atoms with van der Waals surface area (Å²) in [4.78, 5) is 20.9. The number of carbonyl (C=O) groups excluding carboxylic acids is 1. The molecule has 1 heterocycles. The summed E-state index contributed by atoms with van der Waals surface area (Å²) in [5.41, 5.74) is 3.08. The van der Waals surface area contributed by atoms with E-state index in [9.17, 15) is 9.18 Å². The van der Waals surface area contributed by atoms with E-state index in [2.05, 4.69) is 20.6 Å². The molecule has 0 radical (unpaired) electrons. The minimum absolute atomic E-state index is 0.245. The number of aryl methyl sites for hydroxylation is 2. The number of amides is 1. The van der Waals surface area contributed by atoms with Crippen molar-refractivity contribution in [3.05, 3.63) is 83.1 Å². The van der Waals surface area contributed by atoms with Crippen LogP contribution in [-0.4, -0.2) is 15.9 Å². The Balaban J connectivity index is 1.73. The zero-order valence-corrected chi connectivity index (χ0v) is 14.6. The minimum atomic E-state index is -0.374. The molecule has 0 aliphatic rings. The highest BCUT2D eigenvalue weighted by Crippen LogP contribution is 2.14. The van der Waals surface area contributed by atoms with Gasteiger partial charge in [0, 0.05) is 18.3 Å². The van der Waals surface area contributed by atoms with E-state index in [4.69, 9.17) is 0 Å². The fraction of sp³-hybridized carbons (Fsp3) is 0.150. The first-order valence-electron chi connectivity index (χ1n) is 8.22. The summed E-state index contributed by atoms with van der Waals surface area (Å²) in [5.74, 6) is 0.332. The lowest BCUT2D eigenvalue weighted by Gasteiger charge is -2.10. The van der Waals surface area contributed by atoms with E-state index >= 15 is 0 Å². The molecule has 0 saturated carbocycles. The summed E-state index contributed by atoms with van der Waals surface area (Å²) in [6, 6.07) is 15.2. The van der Waals surface area contributed by atoms with E-state index in [0.717, 1.165) is 5.56 Å². The first-order chi connectivity index (χ1) is 12.5. The largest absolute Gasteiger partial charge is 0.366 e. The Labute approximate surface area is 151 Å². The molecule has 26 heavy (non-hydrogen) atoms. The molecular formula is C20H19FN4O. The Hall–Kier alpha value is -3.28. The zero-order chi connectivity index (χ0) is 18.5. The molecule has 0 bridgehead atoms. The van der Waals surface area contributed by atoms with Gasteiger partial charge in [-0.3, -0.25) is 4.79 Å². The van der Waals surface area contributed by atoms with Crippen molar-refractivity contribution in [3.63, 3.8) is 0 Å².